The van der Waals surface area contributed by atoms with Crippen LogP contribution in [0.2, 0.25) is 0 Å². The molecule has 38 valence electrons. The van der Waals surface area contributed by atoms with Crippen LogP contribution in [0.1, 0.15) is 0 Å². The molecule has 0 rings (SSSR count). The van der Waals surface area contributed by atoms with Crippen LogP contribution < -0.4 is 0 Å². The van der Waals surface area contributed by atoms with E-state index in [-0.39, 0.29) is 0 Å². The van der Waals surface area contributed by atoms with Crippen LogP contribution in [-0.2, 0) is 19.9 Å². The molecule has 0 aliphatic carbocycles. The molecule has 0 aromatic rings. The van der Waals surface area contributed by atoms with Crippen molar-refractivity contribution < 1.29 is 18.0 Å². The maximum Gasteiger partial charge on any atom is 0.333 e. The SMILES string of the molecule is COS(=O)OO. The Morgan fingerprint density at radius 1 is 1.83 bits per heavy atom. The summed E-state index contributed by atoms with van der Waals surface area (Å²) in [5.74, 6) is 0. The van der Waals surface area contributed by atoms with Crippen molar-refractivity contribution in [3.05, 3.63) is 0 Å². The third-order valence-electron chi connectivity index (χ3n) is 0.197. The zero-order chi connectivity index (χ0) is 4.99. The summed E-state index contributed by atoms with van der Waals surface area (Å²) in [4.78, 5) is 0. The van der Waals surface area contributed by atoms with E-state index in [9.17, 15) is 4.21 Å². The van der Waals surface area contributed by atoms with Crippen molar-refractivity contribution in [3.63, 3.8) is 0 Å². The van der Waals surface area contributed by atoms with E-state index in [1.165, 1.54) is 0 Å². The predicted octanol–water partition coefficient (Wildman–Crippen LogP) is -0.299. The number of hydrogen-bond acceptors (Lipinski definition) is 4. The lowest BCUT2D eigenvalue weighted by Crippen LogP contribution is -1.92. The quantitative estimate of drug-likeness (QED) is 0.393. The molecule has 1 atom stereocenters. The van der Waals surface area contributed by atoms with E-state index in [2.05, 4.69) is 8.52 Å². The van der Waals surface area contributed by atoms with Crippen molar-refractivity contribution in [3.8, 4) is 0 Å². The minimum atomic E-state index is -1.98. The first-order valence-corrected chi connectivity index (χ1v) is 2.09. The van der Waals surface area contributed by atoms with Crippen molar-refractivity contribution in [2.24, 2.45) is 0 Å². The molecule has 6 heavy (non-hydrogen) atoms. The van der Waals surface area contributed by atoms with Gasteiger partial charge in [0.1, 0.15) is 0 Å². The van der Waals surface area contributed by atoms with E-state index < -0.39 is 11.4 Å². The Kier molecular flexibility index (Phi) is 3.24. The van der Waals surface area contributed by atoms with Crippen LogP contribution in [0.4, 0.5) is 0 Å². The molecular weight excluding hydrogens is 108 g/mol. The lowest BCUT2D eigenvalue weighted by molar-refractivity contribution is -0.133. The summed E-state index contributed by atoms with van der Waals surface area (Å²) in [5.41, 5.74) is 0. The van der Waals surface area contributed by atoms with Gasteiger partial charge in [-0.1, -0.05) is 0 Å². The summed E-state index contributed by atoms with van der Waals surface area (Å²) in [6, 6.07) is 0. The molecule has 0 radical (unpaired) electrons. The van der Waals surface area contributed by atoms with Crippen molar-refractivity contribution in [1.82, 2.24) is 0 Å². The lowest BCUT2D eigenvalue weighted by Gasteiger charge is -1.84. The number of rotatable bonds is 2. The Labute approximate surface area is 37.5 Å². The zero-order valence-electron chi connectivity index (χ0n) is 3.08. The third-order valence-corrected chi connectivity index (χ3v) is 0.591. The average molecular weight is 112 g/mol. The van der Waals surface area contributed by atoms with Crippen LogP contribution in [0, 0.1) is 0 Å². The fourth-order valence-electron chi connectivity index (χ4n) is 0.0304. The maximum absolute atomic E-state index is 9.60. The molecule has 1 N–H and O–H groups in total. The van der Waals surface area contributed by atoms with Gasteiger partial charge < -0.3 is 0 Å². The van der Waals surface area contributed by atoms with Crippen molar-refractivity contribution in [1.29, 1.82) is 0 Å². The van der Waals surface area contributed by atoms with Gasteiger partial charge in [0.2, 0.25) is 0 Å². The highest BCUT2D eigenvalue weighted by Gasteiger charge is 1.87. The molecule has 5 heteroatoms. The highest BCUT2D eigenvalue weighted by Crippen LogP contribution is 1.75. The molecule has 0 aliphatic rings. The molecule has 0 aromatic carbocycles. The molecule has 0 heterocycles. The number of hydrogen-bond donors (Lipinski definition) is 1. The average Bonchev–Trinajstić information content (AvgIpc) is 1.65. The van der Waals surface area contributed by atoms with Crippen molar-refractivity contribution >= 4 is 11.4 Å². The van der Waals surface area contributed by atoms with Crippen LogP contribution in [0.25, 0.3) is 0 Å². The Morgan fingerprint density at radius 2 is 2.33 bits per heavy atom. The lowest BCUT2D eigenvalue weighted by atomic mass is 11.8. The van der Waals surface area contributed by atoms with Gasteiger partial charge in [-0.15, -0.1) is 4.33 Å². The summed E-state index contributed by atoms with van der Waals surface area (Å²) in [7, 11) is 1.15. The normalized spacial score (nSPS) is 14.3. The van der Waals surface area contributed by atoms with Gasteiger partial charge in [-0.3, -0.25) is 4.18 Å². The molecule has 0 amide bonds. The molecule has 0 aromatic heterocycles. The fourth-order valence-corrected chi connectivity index (χ4v) is 0.0913. The van der Waals surface area contributed by atoms with E-state index in [0.29, 0.717) is 0 Å². The highest BCUT2D eigenvalue weighted by atomic mass is 32.2. The predicted molar refractivity (Wildman–Crippen MR) is 18.9 cm³/mol. The Bertz CT molecular complexity index is 45.5. The van der Waals surface area contributed by atoms with Crippen LogP contribution in [0.5, 0.6) is 0 Å². The van der Waals surface area contributed by atoms with E-state index in [1.54, 1.807) is 0 Å². The summed E-state index contributed by atoms with van der Waals surface area (Å²) < 4.78 is 16.6. The topological polar surface area (TPSA) is 55.8 Å². The van der Waals surface area contributed by atoms with Gasteiger partial charge >= 0.3 is 11.4 Å². The van der Waals surface area contributed by atoms with Gasteiger partial charge in [0.15, 0.2) is 0 Å². The van der Waals surface area contributed by atoms with Gasteiger partial charge in [-0.05, 0) is 0 Å². The van der Waals surface area contributed by atoms with Crippen molar-refractivity contribution in [2.45, 2.75) is 0 Å². The van der Waals surface area contributed by atoms with Crippen LogP contribution in [0.15, 0.2) is 0 Å². The summed E-state index contributed by atoms with van der Waals surface area (Å²) >= 11 is -1.98. The second-order valence-electron chi connectivity index (χ2n) is 0.445. The minimum Gasteiger partial charge on any atom is -0.270 e. The second kappa shape index (κ2) is 3.23. The molecule has 0 fully saturated rings. The summed E-state index contributed by atoms with van der Waals surface area (Å²) in [6.07, 6.45) is 0. The van der Waals surface area contributed by atoms with Crippen LogP contribution in [-0.4, -0.2) is 16.6 Å². The zero-order valence-corrected chi connectivity index (χ0v) is 3.90. The van der Waals surface area contributed by atoms with Gasteiger partial charge in [0.05, 0.1) is 7.11 Å². The first-order chi connectivity index (χ1) is 2.81. The standard InChI is InChI=1S/CH4O4S/c1-4-6(3)5-2/h2H,1H3. The first kappa shape index (κ1) is 6.03. The fraction of sp³-hybridized carbons (Fsp3) is 1.00. The van der Waals surface area contributed by atoms with Crippen LogP contribution in [0.3, 0.4) is 0 Å². The Balaban J connectivity index is 2.99. The second-order valence-corrected chi connectivity index (χ2v) is 1.34. The molecule has 0 saturated carbocycles. The van der Waals surface area contributed by atoms with Crippen LogP contribution >= 0.6 is 0 Å². The van der Waals surface area contributed by atoms with Gasteiger partial charge in [0, 0.05) is 0 Å². The smallest absolute Gasteiger partial charge is 0.270 e. The Hall–Kier alpha value is 0.0300. The minimum absolute atomic E-state index is 1.15. The molecule has 0 aliphatic heterocycles. The van der Waals surface area contributed by atoms with Gasteiger partial charge in [-0.2, -0.15) is 4.21 Å². The highest BCUT2D eigenvalue weighted by molar-refractivity contribution is 7.75. The van der Waals surface area contributed by atoms with E-state index >= 15 is 0 Å². The van der Waals surface area contributed by atoms with E-state index in [0.717, 1.165) is 7.11 Å². The third kappa shape index (κ3) is 2.28. The molecular formula is CH4O4S. The molecule has 1 unspecified atom stereocenters. The summed E-state index contributed by atoms with van der Waals surface area (Å²) in [6.45, 7) is 0. The molecule has 0 spiro atoms. The monoisotopic (exact) mass is 112 g/mol. The molecule has 4 nitrogen and oxygen atoms in total. The summed E-state index contributed by atoms with van der Waals surface area (Å²) in [5, 5.41) is 7.41. The molecule has 0 bridgehead atoms. The largest absolute Gasteiger partial charge is 0.333 e. The van der Waals surface area contributed by atoms with E-state index in [1.807, 2.05) is 0 Å². The maximum atomic E-state index is 9.60. The van der Waals surface area contributed by atoms with Crippen molar-refractivity contribution in [2.75, 3.05) is 7.11 Å². The molecule has 0 saturated heterocycles. The van der Waals surface area contributed by atoms with Gasteiger partial charge in [0.25, 0.3) is 0 Å². The first-order valence-electron chi connectivity index (χ1n) is 1.09. The Morgan fingerprint density at radius 3 is 2.33 bits per heavy atom. The van der Waals surface area contributed by atoms with Gasteiger partial charge in [-0.25, -0.2) is 5.26 Å². The van der Waals surface area contributed by atoms with E-state index in [4.69, 9.17) is 5.26 Å².